The second-order valence-corrected chi connectivity index (χ2v) is 5.67. The van der Waals surface area contributed by atoms with Gasteiger partial charge in [0.1, 0.15) is 5.60 Å². The summed E-state index contributed by atoms with van der Waals surface area (Å²) in [5, 5.41) is 2.59. The summed E-state index contributed by atoms with van der Waals surface area (Å²) in [5.74, 6) is -0.440. The van der Waals surface area contributed by atoms with Gasteiger partial charge in [0.2, 0.25) is 0 Å². The fraction of sp³-hybridized carbons (Fsp3) is 0.385. The van der Waals surface area contributed by atoms with Crippen molar-refractivity contribution in [3.05, 3.63) is 28.2 Å². The molecule has 1 aromatic carbocycles. The highest BCUT2D eigenvalue weighted by Gasteiger charge is 2.17. The molecule has 0 saturated carbocycles. The quantitative estimate of drug-likeness (QED) is 0.842. The lowest BCUT2D eigenvalue weighted by Crippen LogP contribution is -2.27. The van der Waals surface area contributed by atoms with Crippen LogP contribution in [-0.2, 0) is 9.47 Å². The zero-order valence-electron chi connectivity index (χ0n) is 11.2. The number of hydrogen-bond donors (Lipinski definition) is 1. The highest BCUT2D eigenvalue weighted by Crippen LogP contribution is 2.24. The van der Waals surface area contributed by atoms with Crippen molar-refractivity contribution in [2.45, 2.75) is 26.4 Å². The van der Waals surface area contributed by atoms with Gasteiger partial charge in [0.15, 0.2) is 0 Å². The normalized spacial score (nSPS) is 10.8. The minimum Gasteiger partial charge on any atom is -0.465 e. The van der Waals surface area contributed by atoms with Crippen LogP contribution in [0.4, 0.5) is 10.5 Å². The zero-order chi connectivity index (χ0) is 14.6. The topological polar surface area (TPSA) is 64.6 Å². The van der Waals surface area contributed by atoms with Crippen molar-refractivity contribution in [2.75, 3.05) is 12.4 Å². The average molecular weight is 330 g/mol. The van der Waals surface area contributed by atoms with Gasteiger partial charge in [-0.2, -0.15) is 0 Å². The number of halogens is 1. The molecule has 6 heteroatoms. The van der Waals surface area contributed by atoms with Crippen LogP contribution >= 0.6 is 15.9 Å². The molecule has 0 aliphatic carbocycles. The van der Waals surface area contributed by atoms with Crippen molar-refractivity contribution in [3.8, 4) is 0 Å². The van der Waals surface area contributed by atoms with E-state index in [1.165, 1.54) is 7.11 Å². The Balaban J connectivity index is 2.81. The Hall–Kier alpha value is -1.56. The highest BCUT2D eigenvalue weighted by molar-refractivity contribution is 9.10. The molecule has 104 valence electrons. The molecular formula is C13H16BrNO4. The Labute approximate surface area is 120 Å². The van der Waals surface area contributed by atoms with Gasteiger partial charge in [-0.05, 0) is 54.9 Å². The van der Waals surface area contributed by atoms with Gasteiger partial charge < -0.3 is 9.47 Å². The van der Waals surface area contributed by atoms with Gasteiger partial charge in [-0.15, -0.1) is 0 Å². The average Bonchev–Trinajstić information content (AvgIpc) is 2.28. The number of ether oxygens (including phenoxy) is 2. The molecule has 5 nitrogen and oxygen atoms in total. The summed E-state index contributed by atoms with van der Waals surface area (Å²) in [6.07, 6.45) is -0.556. The standard InChI is InChI=1S/C13H16BrNO4/c1-13(2,3)19-12(17)15-10-6-5-8(7-9(10)14)11(16)18-4/h5-7H,1-4H3,(H,15,17). The first-order valence-electron chi connectivity index (χ1n) is 5.61. The van der Waals surface area contributed by atoms with Crippen LogP contribution in [0, 0.1) is 0 Å². The molecule has 0 aliphatic heterocycles. The lowest BCUT2D eigenvalue weighted by molar-refractivity contribution is 0.0599. The SMILES string of the molecule is COC(=O)c1ccc(NC(=O)OC(C)(C)C)c(Br)c1. The van der Waals surface area contributed by atoms with Gasteiger partial charge in [0.25, 0.3) is 0 Å². The van der Waals surface area contributed by atoms with E-state index in [0.717, 1.165) is 0 Å². The second kappa shape index (κ2) is 6.06. The minimum atomic E-state index is -0.567. The molecule has 19 heavy (non-hydrogen) atoms. The number of carbonyl (C=O) groups excluding carboxylic acids is 2. The lowest BCUT2D eigenvalue weighted by atomic mass is 10.2. The number of amides is 1. The maximum absolute atomic E-state index is 11.6. The Bertz CT molecular complexity index is 494. The third-order valence-corrected chi connectivity index (χ3v) is 2.68. The van der Waals surface area contributed by atoms with E-state index in [9.17, 15) is 9.59 Å². The van der Waals surface area contributed by atoms with E-state index in [1.807, 2.05) is 0 Å². The molecule has 1 amide bonds. The van der Waals surface area contributed by atoms with Crippen LogP contribution in [0.2, 0.25) is 0 Å². The van der Waals surface area contributed by atoms with Crippen LogP contribution in [0.15, 0.2) is 22.7 Å². The van der Waals surface area contributed by atoms with Crippen LogP contribution in [0.25, 0.3) is 0 Å². The van der Waals surface area contributed by atoms with Crippen molar-refractivity contribution in [1.29, 1.82) is 0 Å². The second-order valence-electron chi connectivity index (χ2n) is 4.81. The molecular weight excluding hydrogens is 314 g/mol. The number of carbonyl (C=O) groups is 2. The molecule has 0 unspecified atom stereocenters. The van der Waals surface area contributed by atoms with E-state index in [2.05, 4.69) is 26.0 Å². The van der Waals surface area contributed by atoms with Gasteiger partial charge in [0.05, 0.1) is 18.4 Å². The summed E-state index contributed by atoms with van der Waals surface area (Å²) in [6, 6.07) is 4.72. The molecule has 0 aliphatic rings. The molecule has 0 fully saturated rings. The van der Waals surface area contributed by atoms with Crippen LogP contribution in [-0.4, -0.2) is 24.8 Å². The third-order valence-electron chi connectivity index (χ3n) is 2.03. The van der Waals surface area contributed by atoms with Crippen LogP contribution in [0.3, 0.4) is 0 Å². The van der Waals surface area contributed by atoms with E-state index in [0.29, 0.717) is 15.7 Å². The van der Waals surface area contributed by atoms with Crippen LogP contribution in [0.1, 0.15) is 31.1 Å². The number of benzene rings is 1. The first-order valence-corrected chi connectivity index (χ1v) is 6.40. The fourth-order valence-corrected chi connectivity index (χ4v) is 1.75. The molecule has 0 heterocycles. The van der Waals surface area contributed by atoms with Crippen LogP contribution < -0.4 is 5.32 Å². The number of nitrogens with one attached hydrogen (secondary N) is 1. The predicted octanol–water partition coefficient (Wildman–Crippen LogP) is 3.58. The number of rotatable bonds is 2. The number of anilines is 1. The molecule has 1 rings (SSSR count). The summed E-state index contributed by atoms with van der Waals surface area (Å²) >= 11 is 3.27. The molecule has 0 radical (unpaired) electrons. The van der Waals surface area contributed by atoms with Crippen molar-refractivity contribution in [2.24, 2.45) is 0 Å². The number of esters is 1. The van der Waals surface area contributed by atoms with E-state index < -0.39 is 17.7 Å². The van der Waals surface area contributed by atoms with Gasteiger partial charge in [0, 0.05) is 4.47 Å². The first-order chi connectivity index (χ1) is 8.73. The predicted molar refractivity (Wildman–Crippen MR) is 75.3 cm³/mol. The van der Waals surface area contributed by atoms with E-state index in [-0.39, 0.29) is 0 Å². The maximum atomic E-state index is 11.6. The Kier molecular flexibility index (Phi) is 4.94. The van der Waals surface area contributed by atoms with Crippen molar-refractivity contribution < 1.29 is 19.1 Å². The molecule has 0 spiro atoms. The minimum absolute atomic E-state index is 0.393. The molecule has 1 N–H and O–H groups in total. The zero-order valence-corrected chi connectivity index (χ0v) is 12.8. The molecule has 0 bridgehead atoms. The summed E-state index contributed by atoms with van der Waals surface area (Å²) < 4.78 is 10.3. The van der Waals surface area contributed by atoms with Crippen molar-refractivity contribution in [3.63, 3.8) is 0 Å². The lowest BCUT2D eigenvalue weighted by Gasteiger charge is -2.20. The van der Waals surface area contributed by atoms with E-state index in [1.54, 1.807) is 39.0 Å². The first kappa shape index (κ1) is 15.5. The van der Waals surface area contributed by atoms with Gasteiger partial charge >= 0.3 is 12.1 Å². The Morgan fingerprint density at radius 2 is 1.89 bits per heavy atom. The monoisotopic (exact) mass is 329 g/mol. The van der Waals surface area contributed by atoms with Crippen LogP contribution in [0.5, 0.6) is 0 Å². The van der Waals surface area contributed by atoms with Crippen molar-refractivity contribution >= 4 is 33.7 Å². The molecule has 0 saturated heterocycles. The number of hydrogen-bond acceptors (Lipinski definition) is 4. The maximum Gasteiger partial charge on any atom is 0.412 e. The summed E-state index contributed by atoms with van der Waals surface area (Å²) in [5.41, 5.74) is 0.341. The van der Waals surface area contributed by atoms with Gasteiger partial charge in [-0.1, -0.05) is 0 Å². The number of methoxy groups -OCH3 is 1. The molecule has 0 atom stereocenters. The van der Waals surface area contributed by atoms with E-state index in [4.69, 9.17) is 4.74 Å². The van der Waals surface area contributed by atoms with E-state index >= 15 is 0 Å². The Morgan fingerprint density at radius 3 is 2.37 bits per heavy atom. The third kappa shape index (κ3) is 4.90. The van der Waals surface area contributed by atoms with Gasteiger partial charge in [-0.3, -0.25) is 5.32 Å². The van der Waals surface area contributed by atoms with Gasteiger partial charge in [-0.25, -0.2) is 9.59 Å². The molecule has 1 aromatic rings. The smallest absolute Gasteiger partial charge is 0.412 e. The summed E-state index contributed by atoms with van der Waals surface area (Å²) in [4.78, 5) is 22.9. The summed E-state index contributed by atoms with van der Waals surface area (Å²) in [6.45, 7) is 5.34. The van der Waals surface area contributed by atoms with Crippen molar-refractivity contribution in [1.82, 2.24) is 0 Å². The molecule has 0 aromatic heterocycles. The Morgan fingerprint density at radius 1 is 1.26 bits per heavy atom. The summed E-state index contributed by atoms with van der Waals surface area (Å²) in [7, 11) is 1.31. The highest BCUT2D eigenvalue weighted by atomic mass is 79.9. The fourth-order valence-electron chi connectivity index (χ4n) is 1.27. The largest absolute Gasteiger partial charge is 0.465 e.